The summed E-state index contributed by atoms with van der Waals surface area (Å²) in [5.74, 6) is 0.0845. The Morgan fingerprint density at radius 3 is 2.16 bits per heavy atom. The number of halogens is 1. The average Bonchev–Trinajstić information content (AvgIpc) is 2.40. The van der Waals surface area contributed by atoms with Gasteiger partial charge in [-0.15, -0.1) is 0 Å². The van der Waals surface area contributed by atoms with Gasteiger partial charge in [0.2, 0.25) is 5.28 Å². The van der Waals surface area contributed by atoms with Gasteiger partial charge in [-0.25, -0.2) is 18.4 Å². The maximum atomic E-state index is 11.3. The Hall–Kier alpha value is -1.66. The summed E-state index contributed by atoms with van der Waals surface area (Å²) in [6.45, 7) is 1.60. The zero-order valence-corrected chi connectivity index (χ0v) is 11.9. The molecule has 1 heterocycles. The third-order valence-electron chi connectivity index (χ3n) is 2.17. The maximum absolute atomic E-state index is 11.3. The lowest BCUT2D eigenvalue weighted by atomic mass is 10.3. The first-order chi connectivity index (χ1) is 8.97. The van der Waals surface area contributed by atoms with E-state index in [1.54, 1.807) is 43.6 Å². The second-order valence-corrected chi connectivity index (χ2v) is 6.04. The highest BCUT2D eigenvalue weighted by Gasteiger charge is 2.13. The minimum absolute atomic E-state index is 0.0845. The molecule has 19 heavy (non-hydrogen) atoms. The van der Waals surface area contributed by atoms with Crippen molar-refractivity contribution < 1.29 is 8.42 Å². The van der Waals surface area contributed by atoms with Crippen molar-refractivity contribution in [2.45, 2.75) is 11.8 Å². The van der Waals surface area contributed by atoms with Crippen LogP contribution >= 0.6 is 11.6 Å². The molecule has 0 aliphatic heterocycles. The minimum Gasteiger partial charge on any atom is -0.398 e. The molecule has 2 aromatic rings. The van der Waals surface area contributed by atoms with E-state index in [9.17, 15) is 8.42 Å². The first kappa shape index (κ1) is 15.4. The molecule has 2 rings (SSSR count). The molecule has 0 spiro atoms. The van der Waals surface area contributed by atoms with Crippen molar-refractivity contribution in [2.24, 2.45) is 0 Å². The monoisotopic (exact) mass is 299 g/mol. The van der Waals surface area contributed by atoms with Crippen LogP contribution < -0.4 is 5.73 Å². The number of sulfone groups is 1. The zero-order chi connectivity index (χ0) is 14.3. The van der Waals surface area contributed by atoms with E-state index >= 15 is 0 Å². The van der Waals surface area contributed by atoms with Crippen LogP contribution in [0.2, 0.25) is 5.28 Å². The standard InChI is InChI=1S/C8H11NO2S.C4H3ClN2/c1-2-12(10,11)8-6-4-3-5-7(8)9;5-4-6-2-1-3-7-4/h3-6H,2,9H2,1H3;1-3H. The van der Waals surface area contributed by atoms with Gasteiger partial charge in [-0.2, -0.15) is 0 Å². The van der Waals surface area contributed by atoms with E-state index < -0.39 is 9.84 Å². The van der Waals surface area contributed by atoms with Crippen LogP contribution in [0.25, 0.3) is 0 Å². The highest BCUT2D eigenvalue weighted by molar-refractivity contribution is 7.91. The van der Waals surface area contributed by atoms with Crippen LogP contribution in [-0.2, 0) is 9.84 Å². The van der Waals surface area contributed by atoms with E-state index in [0.29, 0.717) is 11.0 Å². The van der Waals surface area contributed by atoms with Crippen LogP contribution in [0.4, 0.5) is 5.69 Å². The van der Waals surface area contributed by atoms with Crippen LogP contribution in [0.5, 0.6) is 0 Å². The third kappa shape index (κ3) is 4.84. The molecule has 0 saturated carbocycles. The number of para-hydroxylation sites is 1. The molecule has 5 nitrogen and oxygen atoms in total. The van der Waals surface area contributed by atoms with Gasteiger partial charge in [-0.1, -0.05) is 19.1 Å². The Morgan fingerprint density at radius 2 is 1.74 bits per heavy atom. The Kier molecular flexibility index (Phi) is 5.72. The highest BCUT2D eigenvalue weighted by atomic mass is 35.5. The number of rotatable bonds is 2. The number of benzene rings is 1. The summed E-state index contributed by atoms with van der Waals surface area (Å²) in [6, 6.07) is 8.20. The molecular formula is C12H14ClN3O2S. The Balaban J connectivity index is 0.000000218. The number of nitrogens with zero attached hydrogens (tertiary/aromatic N) is 2. The minimum atomic E-state index is -3.15. The SMILES string of the molecule is CCS(=O)(=O)c1ccccc1N.Clc1ncccn1. The molecule has 0 amide bonds. The Morgan fingerprint density at radius 1 is 1.16 bits per heavy atom. The lowest BCUT2D eigenvalue weighted by molar-refractivity contribution is 0.597. The van der Waals surface area contributed by atoms with Crippen LogP contribution in [0.3, 0.4) is 0 Å². The summed E-state index contributed by atoms with van der Waals surface area (Å²) in [6.07, 6.45) is 3.19. The highest BCUT2D eigenvalue weighted by Crippen LogP contribution is 2.17. The predicted octanol–water partition coefficient (Wildman–Crippen LogP) is 2.19. The van der Waals surface area contributed by atoms with E-state index in [2.05, 4.69) is 9.97 Å². The molecule has 0 aliphatic rings. The molecular weight excluding hydrogens is 286 g/mol. The number of nitrogens with two attached hydrogens (primary N) is 1. The van der Waals surface area contributed by atoms with Gasteiger partial charge in [0.1, 0.15) is 0 Å². The number of aromatic nitrogens is 2. The summed E-state index contributed by atoms with van der Waals surface area (Å²) in [5, 5.41) is 0.294. The first-order valence-corrected chi connectivity index (χ1v) is 7.50. The molecule has 0 unspecified atom stereocenters. The average molecular weight is 300 g/mol. The van der Waals surface area contributed by atoms with Gasteiger partial charge in [0.25, 0.3) is 0 Å². The van der Waals surface area contributed by atoms with Crippen molar-refractivity contribution >= 4 is 27.1 Å². The second-order valence-electron chi connectivity index (χ2n) is 3.46. The van der Waals surface area contributed by atoms with Gasteiger partial charge in [0.05, 0.1) is 16.3 Å². The number of hydrogen-bond donors (Lipinski definition) is 1. The van der Waals surface area contributed by atoms with Crippen molar-refractivity contribution in [1.29, 1.82) is 0 Å². The van der Waals surface area contributed by atoms with Gasteiger partial charge < -0.3 is 5.73 Å². The molecule has 0 fully saturated rings. The lowest BCUT2D eigenvalue weighted by Gasteiger charge is -2.03. The molecule has 1 aromatic heterocycles. The molecule has 0 bridgehead atoms. The van der Waals surface area contributed by atoms with Gasteiger partial charge in [0, 0.05) is 12.4 Å². The largest absolute Gasteiger partial charge is 0.398 e. The summed E-state index contributed by atoms with van der Waals surface area (Å²) in [5.41, 5.74) is 5.82. The van der Waals surface area contributed by atoms with E-state index in [0.717, 1.165) is 0 Å². The molecule has 1 aromatic carbocycles. The van der Waals surface area contributed by atoms with Crippen molar-refractivity contribution in [1.82, 2.24) is 9.97 Å². The molecule has 0 saturated heterocycles. The molecule has 7 heteroatoms. The molecule has 0 radical (unpaired) electrons. The van der Waals surface area contributed by atoms with Crippen molar-refractivity contribution in [3.05, 3.63) is 48.0 Å². The predicted molar refractivity (Wildman–Crippen MR) is 75.6 cm³/mol. The summed E-state index contributed by atoms with van der Waals surface area (Å²) in [7, 11) is -3.15. The lowest BCUT2D eigenvalue weighted by Crippen LogP contribution is -2.06. The number of nitrogen functional groups attached to an aromatic ring is 1. The van der Waals surface area contributed by atoms with Gasteiger partial charge in [-0.05, 0) is 29.8 Å². The van der Waals surface area contributed by atoms with E-state index in [1.807, 2.05) is 0 Å². The molecule has 102 valence electrons. The fourth-order valence-corrected chi connectivity index (χ4v) is 2.34. The van der Waals surface area contributed by atoms with E-state index in [4.69, 9.17) is 17.3 Å². The quantitative estimate of drug-likeness (QED) is 0.678. The van der Waals surface area contributed by atoms with Crippen LogP contribution in [0.15, 0.2) is 47.6 Å². The van der Waals surface area contributed by atoms with Crippen molar-refractivity contribution in [2.75, 3.05) is 11.5 Å². The van der Waals surface area contributed by atoms with Crippen molar-refractivity contribution in [3.63, 3.8) is 0 Å². The maximum Gasteiger partial charge on any atom is 0.222 e. The fraction of sp³-hybridized carbons (Fsp3) is 0.167. The molecule has 0 aliphatic carbocycles. The van der Waals surface area contributed by atoms with Gasteiger partial charge in [-0.3, -0.25) is 0 Å². The number of anilines is 1. The second kappa shape index (κ2) is 7.06. The molecule has 2 N–H and O–H groups in total. The Labute approximate surface area is 117 Å². The fourth-order valence-electron chi connectivity index (χ4n) is 1.20. The topological polar surface area (TPSA) is 85.9 Å². The Bertz CT molecular complexity index is 618. The molecule has 0 atom stereocenters. The smallest absolute Gasteiger partial charge is 0.222 e. The zero-order valence-electron chi connectivity index (χ0n) is 10.3. The summed E-state index contributed by atoms with van der Waals surface area (Å²) in [4.78, 5) is 7.50. The first-order valence-electron chi connectivity index (χ1n) is 5.47. The van der Waals surface area contributed by atoms with Gasteiger partial charge in [0.15, 0.2) is 9.84 Å². The van der Waals surface area contributed by atoms with E-state index in [-0.39, 0.29) is 10.6 Å². The van der Waals surface area contributed by atoms with E-state index in [1.165, 1.54) is 6.07 Å². The summed E-state index contributed by atoms with van der Waals surface area (Å²) >= 11 is 5.32. The van der Waals surface area contributed by atoms with Crippen LogP contribution in [0.1, 0.15) is 6.92 Å². The summed E-state index contributed by atoms with van der Waals surface area (Å²) < 4.78 is 22.7. The number of hydrogen-bond acceptors (Lipinski definition) is 5. The van der Waals surface area contributed by atoms with Crippen molar-refractivity contribution in [3.8, 4) is 0 Å². The van der Waals surface area contributed by atoms with Gasteiger partial charge >= 0.3 is 0 Å². The third-order valence-corrected chi connectivity index (χ3v) is 4.17. The van der Waals surface area contributed by atoms with Crippen LogP contribution in [0, 0.1) is 0 Å². The van der Waals surface area contributed by atoms with Crippen LogP contribution in [-0.4, -0.2) is 24.1 Å². The normalized spacial score (nSPS) is 10.4.